The van der Waals surface area contributed by atoms with Gasteiger partial charge < -0.3 is 14.1 Å². The van der Waals surface area contributed by atoms with Crippen LogP contribution in [0.5, 0.6) is 5.75 Å². The van der Waals surface area contributed by atoms with E-state index in [1.54, 1.807) is 29.2 Å². The molecule has 1 aliphatic heterocycles. The third-order valence-electron chi connectivity index (χ3n) is 6.05. The third-order valence-corrected chi connectivity index (χ3v) is 6.05. The maximum atomic E-state index is 13.4. The first-order chi connectivity index (χ1) is 16.4. The van der Waals surface area contributed by atoms with Crippen LogP contribution in [0.25, 0.3) is 22.3 Å². The summed E-state index contributed by atoms with van der Waals surface area (Å²) in [6.07, 6.45) is 0.0193. The molecule has 0 aliphatic carbocycles. The van der Waals surface area contributed by atoms with Gasteiger partial charge in [-0.05, 0) is 43.7 Å². The van der Waals surface area contributed by atoms with E-state index in [-0.39, 0.29) is 30.4 Å². The van der Waals surface area contributed by atoms with Crippen LogP contribution in [-0.4, -0.2) is 18.4 Å². The average Bonchev–Trinajstić information content (AvgIpc) is 3.23. The average molecular weight is 453 g/mol. The van der Waals surface area contributed by atoms with Crippen LogP contribution in [0.1, 0.15) is 17.5 Å². The van der Waals surface area contributed by atoms with Crippen molar-refractivity contribution in [3.05, 3.63) is 94.1 Å². The Morgan fingerprint density at radius 3 is 2.38 bits per heavy atom. The maximum absolute atomic E-state index is 13.4. The minimum atomic E-state index is -0.689. The van der Waals surface area contributed by atoms with Crippen LogP contribution in [0, 0.1) is 19.8 Å². The molecule has 0 radical (unpaired) electrons. The number of fused-ring (bicyclic) bond motifs is 1. The number of ether oxygens (including phenoxy) is 1. The SMILES string of the molecule is Cc1ccc(N2CC(C(=O)Oc3c(-c4ccccc4)oc4cc(C)ccc4c3=O)CC2=O)cc1. The van der Waals surface area contributed by atoms with Crippen LogP contribution in [0.15, 0.2) is 82.0 Å². The van der Waals surface area contributed by atoms with E-state index in [0.29, 0.717) is 16.5 Å². The second-order valence-electron chi connectivity index (χ2n) is 8.62. The smallest absolute Gasteiger partial charge is 0.316 e. The van der Waals surface area contributed by atoms with Crippen molar-refractivity contribution in [3.8, 4) is 17.1 Å². The molecule has 34 heavy (non-hydrogen) atoms. The number of rotatable bonds is 4. The summed E-state index contributed by atoms with van der Waals surface area (Å²) in [6.45, 7) is 4.07. The van der Waals surface area contributed by atoms with E-state index in [9.17, 15) is 14.4 Å². The summed E-state index contributed by atoms with van der Waals surface area (Å²) in [7, 11) is 0. The van der Waals surface area contributed by atoms with Crippen LogP contribution in [0.3, 0.4) is 0 Å². The highest BCUT2D eigenvalue weighted by atomic mass is 16.5. The number of esters is 1. The largest absolute Gasteiger partial charge is 0.452 e. The zero-order valence-corrected chi connectivity index (χ0v) is 18.9. The van der Waals surface area contributed by atoms with Crippen molar-refractivity contribution < 1.29 is 18.7 Å². The highest BCUT2D eigenvalue weighted by molar-refractivity contribution is 6.00. The summed E-state index contributed by atoms with van der Waals surface area (Å²) in [5.74, 6) is -1.44. The van der Waals surface area contributed by atoms with Crippen molar-refractivity contribution in [2.75, 3.05) is 11.4 Å². The van der Waals surface area contributed by atoms with E-state index in [2.05, 4.69) is 0 Å². The van der Waals surface area contributed by atoms with Crippen molar-refractivity contribution in [3.63, 3.8) is 0 Å². The van der Waals surface area contributed by atoms with Gasteiger partial charge in [-0.25, -0.2) is 0 Å². The van der Waals surface area contributed by atoms with E-state index >= 15 is 0 Å². The first kappa shape index (κ1) is 21.6. The predicted molar refractivity (Wildman–Crippen MR) is 130 cm³/mol. The summed E-state index contributed by atoms with van der Waals surface area (Å²) in [4.78, 5) is 40.7. The van der Waals surface area contributed by atoms with Crippen molar-refractivity contribution >= 4 is 28.5 Å². The molecule has 0 saturated carbocycles. The van der Waals surface area contributed by atoms with Crippen molar-refractivity contribution in [2.45, 2.75) is 20.3 Å². The molecule has 1 unspecified atom stereocenters. The number of carbonyl (C=O) groups is 2. The molecule has 0 N–H and O–H groups in total. The van der Waals surface area contributed by atoms with Crippen LogP contribution in [-0.2, 0) is 9.59 Å². The molecule has 6 heteroatoms. The molecule has 1 aromatic heterocycles. The number of nitrogens with zero attached hydrogens (tertiary/aromatic N) is 1. The first-order valence-corrected chi connectivity index (χ1v) is 11.1. The van der Waals surface area contributed by atoms with E-state index < -0.39 is 17.3 Å². The van der Waals surface area contributed by atoms with Gasteiger partial charge in [0.1, 0.15) is 5.58 Å². The van der Waals surface area contributed by atoms with E-state index in [1.165, 1.54) is 0 Å². The quantitative estimate of drug-likeness (QED) is 0.405. The molecule has 1 atom stereocenters. The minimum Gasteiger partial charge on any atom is -0.452 e. The topological polar surface area (TPSA) is 76.8 Å². The normalized spacial score (nSPS) is 15.6. The van der Waals surface area contributed by atoms with Gasteiger partial charge in [0, 0.05) is 24.2 Å². The zero-order chi connectivity index (χ0) is 23.8. The molecule has 4 aromatic rings. The van der Waals surface area contributed by atoms with Crippen LogP contribution < -0.4 is 15.1 Å². The Bertz CT molecular complexity index is 1450. The second kappa shape index (κ2) is 8.63. The Morgan fingerprint density at radius 2 is 1.65 bits per heavy atom. The predicted octanol–water partition coefficient (Wildman–Crippen LogP) is 5.04. The fourth-order valence-electron chi connectivity index (χ4n) is 4.18. The molecule has 2 heterocycles. The lowest BCUT2D eigenvalue weighted by molar-refractivity contribution is -0.139. The molecule has 6 nitrogen and oxygen atoms in total. The van der Waals surface area contributed by atoms with Gasteiger partial charge in [-0.3, -0.25) is 14.4 Å². The Kier molecular flexibility index (Phi) is 5.49. The molecular weight excluding hydrogens is 430 g/mol. The molecule has 5 rings (SSSR count). The molecule has 1 amide bonds. The Balaban J connectivity index is 1.49. The Morgan fingerprint density at radius 1 is 0.941 bits per heavy atom. The Hall–Kier alpha value is -4.19. The number of carbonyl (C=O) groups excluding carboxylic acids is 2. The standard InChI is InChI=1S/C28H23NO5/c1-17-8-11-21(12-9-17)29-16-20(15-24(29)30)28(32)34-27-25(31)22-13-10-18(2)14-23(22)33-26(27)19-6-4-3-5-7-19/h3-14,20H,15-16H2,1-2H3. The number of hydrogen-bond donors (Lipinski definition) is 0. The van der Waals surface area contributed by atoms with Gasteiger partial charge in [-0.15, -0.1) is 0 Å². The van der Waals surface area contributed by atoms with Gasteiger partial charge >= 0.3 is 5.97 Å². The van der Waals surface area contributed by atoms with Crippen LogP contribution in [0.2, 0.25) is 0 Å². The monoisotopic (exact) mass is 453 g/mol. The molecule has 1 saturated heterocycles. The molecule has 1 aliphatic rings. The zero-order valence-electron chi connectivity index (χ0n) is 18.9. The van der Waals surface area contributed by atoms with Gasteiger partial charge in [-0.2, -0.15) is 0 Å². The number of amides is 1. The lowest BCUT2D eigenvalue weighted by Crippen LogP contribution is -2.28. The summed E-state index contributed by atoms with van der Waals surface area (Å²) >= 11 is 0. The Labute approximate surface area is 196 Å². The van der Waals surface area contributed by atoms with Crippen LogP contribution in [0.4, 0.5) is 5.69 Å². The molecular formula is C28H23NO5. The highest BCUT2D eigenvalue weighted by Crippen LogP contribution is 2.33. The van der Waals surface area contributed by atoms with Crippen molar-refractivity contribution in [1.82, 2.24) is 0 Å². The molecule has 0 bridgehead atoms. The maximum Gasteiger partial charge on any atom is 0.316 e. The van der Waals surface area contributed by atoms with E-state index in [1.807, 2.05) is 62.4 Å². The van der Waals surface area contributed by atoms with Crippen LogP contribution >= 0.6 is 0 Å². The van der Waals surface area contributed by atoms with Crippen molar-refractivity contribution in [1.29, 1.82) is 0 Å². The van der Waals surface area contributed by atoms with Gasteiger partial charge in [0.05, 0.1) is 11.3 Å². The van der Waals surface area contributed by atoms with Crippen molar-refractivity contribution in [2.24, 2.45) is 5.92 Å². The second-order valence-corrected chi connectivity index (χ2v) is 8.62. The fraction of sp³-hybridized carbons (Fsp3) is 0.179. The summed E-state index contributed by atoms with van der Waals surface area (Å²) < 4.78 is 11.8. The number of benzene rings is 3. The number of aryl methyl sites for hydroxylation is 2. The van der Waals surface area contributed by atoms with Gasteiger partial charge in [0.15, 0.2) is 5.76 Å². The van der Waals surface area contributed by atoms with Gasteiger partial charge in [0.2, 0.25) is 17.1 Å². The lowest BCUT2D eigenvalue weighted by Gasteiger charge is -2.17. The highest BCUT2D eigenvalue weighted by Gasteiger charge is 2.37. The third kappa shape index (κ3) is 3.99. The number of hydrogen-bond acceptors (Lipinski definition) is 5. The molecule has 3 aromatic carbocycles. The summed E-state index contributed by atoms with van der Waals surface area (Å²) in [6, 6.07) is 21.9. The first-order valence-electron chi connectivity index (χ1n) is 11.1. The minimum absolute atomic E-state index is 0.0193. The summed E-state index contributed by atoms with van der Waals surface area (Å²) in [5.41, 5.74) is 3.38. The molecule has 1 fully saturated rings. The molecule has 170 valence electrons. The fourth-order valence-corrected chi connectivity index (χ4v) is 4.18. The lowest BCUT2D eigenvalue weighted by atomic mass is 10.1. The summed E-state index contributed by atoms with van der Waals surface area (Å²) in [5, 5.41) is 0.330. The van der Waals surface area contributed by atoms with E-state index in [0.717, 1.165) is 16.8 Å². The van der Waals surface area contributed by atoms with E-state index in [4.69, 9.17) is 9.15 Å². The molecule has 0 spiro atoms. The number of anilines is 1. The van der Waals surface area contributed by atoms with Gasteiger partial charge in [-0.1, -0.05) is 54.1 Å². The van der Waals surface area contributed by atoms with Gasteiger partial charge in [0.25, 0.3) is 0 Å².